The van der Waals surface area contributed by atoms with Gasteiger partial charge in [-0.15, -0.1) is 0 Å². The molecule has 5 unspecified atom stereocenters. The number of rotatable bonds is 4. The summed E-state index contributed by atoms with van der Waals surface area (Å²) in [4.78, 5) is 15.1. The van der Waals surface area contributed by atoms with Crippen LogP contribution in [0.2, 0.25) is 0 Å². The maximum absolute atomic E-state index is 12.9. The minimum atomic E-state index is 0.00952. The number of carbonyl (C=O) groups excluding carboxylic acids is 1. The monoisotopic (exact) mass is 280 g/mol. The number of hydrogen-bond acceptors (Lipinski definition) is 2. The summed E-state index contributed by atoms with van der Waals surface area (Å²) in [5, 5.41) is 3.60. The van der Waals surface area contributed by atoms with E-state index in [2.05, 4.69) is 51.8 Å². The fourth-order valence-electron chi connectivity index (χ4n) is 4.19. The third-order valence-electron chi connectivity index (χ3n) is 5.53. The maximum atomic E-state index is 12.9. The van der Waals surface area contributed by atoms with Crippen LogP contribution in [0.25, 0.3) is 0 Å². The van der Waals surface area contributed by atoms with Gasteiger partial charge < -0.3 is 4.90 Å². The van der Waals surface area contributed by atoms with Crippen molar-refractivity contribution in [2.24, 2.45) is 23.7 Å². The van der Waals surface area contributed by atoms with Crippen LogP contribution in [0.5, 0.6) is 0 Å². The molecule has 1 aliphatic carbocycles. The van der Waals surface area contributed by atoms with Gasteiger partial charge in [-0.3, -0.25) is 10.1 Å². The first-order valence-corrected chi connectivity index (χ1v) is 8.46. The maximum Gasteiger partial charge on any atom is 0.241 e. The van der Waals surface area contributed by atoms with Crippen LogP contribution in [0.4, 0.5) is 0 Å². The van der Waals surface area contributed by atoms with Gasteiger partial charge in [-0.1, -0.05) is 48.0 Å². The Balaban J connectivity index is 2.21. The number of amides is 1. The second-order valence-corrected chi connectivity index (χ2v) is 7.49. The molecule has 116 valence electrons. The summed E-state index contributed by atoms with van der Waals surface area (Å²) in [6.45, 7) is 13.4. The molecule has 0 bridgehead atoms. The Hall–Kier alpha value is -0.570. The molecule has 3 heteroatoms. The van der Waals surface area contributed by atoms with Crippen molar-refractivity contribution in [1.82, 2.24) is 10.2 Å². The van der Waals surface area contributed by atoms with Gasteiger partial charge in [0.2, 0.25) is 5.91 Å². The van der Waals surface area contributed by atoms with E-state index in [4.69, 9.17) is 0 Å². The molecular formula is C17H32N2O. The minimum Gasteiger partial charge on any atom is -0.322 e. The average molecular weight is 280 g/mol. The zero-order valence-electron chi connectivity index (χ0n) is 14.0. The van der Waals surface area contributed by atoms with E-state index in [9.17, 15) is 4.79 Å². The van der Waals surface area contributed by atoms with Crippen LogP contribution in [-0.4, -0.2) is 29.1 Å². The second kappa shape index (κ2) is 6.05. The van der Waals surface area contributed by atoms with E-state index in [1.807, 2.05) is 0 Å². The van der Waals surface area contributed by atoms with E-state index >= 15 is 0 Å². The van der Waals surface area contributed by atoms with Gasteiger partial charge in [0.15, 0.2) is 0 Å². The van der Waals surface area contributed by atoms with Crippen LogP contribution in [-0.2, 0) is 4.79 Å². The second-order valence-electron chi connectivity index (χ2n) is 7.49. The number of hydrogen-bond donors (Lipinski definition) is 1. The summed E-state index contributed by atoms with van der Waals surface area (Å²) >= 11 is 0. The lowest BCUT2D eigenvalue weighted by Gasteiger charge is -2.35. The van der Waals surface area contributed by atoms with E-state index in [1.165, 1.54) is 19.3 Å². The number of nitrogens with zero attached hydrogens (tertiary/aromatic N) is 1. The van der Waals surface area contributed by atoms with Gasteiger partial charge in [0, 0.05) is 6.04 Å². The van der Waals surface area contributed by atoms with Crippen LogP contribution >= 0.6 is 0 Å². The average Bonchev–Trinajstić information content (AvgIpc) is 2.89. The predicted molar refractivity (Wildman–Crippen MR) is 83.2 cm³/mol. The lowest BCUT2D eigenvalue weighted by molar-refractivity contribution is -0.134. The minimum absolute atomic E-state index is 0.00952. The van der Waals surface area contributed by atoms with Gasteiger partial charge >= 0.3 is 0 Å². The Morgan fingerprint density at radius 1 is 1.20 bits per heavy atom. The standard InChI is InChI=1S/C17H32N2O/c1-7-13-8-9-14(12(13)6)19-16(11(4)5)18-15(10(2)3)17(19)20/h10-16,18H,7-9H2,1-6H3. The Labute approximate surface area is 124 Å². The molecular weight excluding hydrogens is 248 g/mol. The normalized spacial score (nSPS) is 38.5. The van der Waals surface area contributed by atoms with Crippen LogP contribution in [0.1, 0.15) is 60.8 Å². The molecule has 0 aromatic heterocycles. The first kappa shape index (κ1) is 15.8. The Morgan fingerprint density at radius 2 is 1.85 bits per heavy atom. The van der Waals surface area contributed by atoms with Gasteiger partial charge in [0.1, 0.15) is 0 Å². The number of carbonyl (C=O) groups is 1. The largest absolute Gasteiger partial charge is 0.322 e. The molecule has 0 spiro atoms. The summed E-state index contributed by atoms with van der Waals surface area (Å²) in [6.07, 6.45) is 3.93. The van der Waals surface area contributed by atoms with Crippen molar-refractivity contribution in [2.45, 2.75) is 79.1 Å². The quantitative estimate of drug-likeness (QED) is 0.857. The predicted octanol–water partition coefficient (Wildman–Crippen LogP) is 3.25. The Kier molecular flexibility index (Phi) is 4.78. The lowest BCUT2D eigenvalue weighted by atomic mass is 9.92. The van der Waals surface area contributed by atoms with Crippen molar-refractivity contribution in [3.63, 3.8) is 0 Å². The molecule has 1 heterocycles. The number of nitrogens with one attached hydrogen (secondary N) is 1. The third-order valence-corrected chi connectivity index (χ3v) is 5.53. The molecule has 1 amide bonds. The Morgan fingerprint density at radius 3 is 2.30 bits per heavy atom. The van der Waals surface area contributed by atoms with Gasteiger partial charge in [-0.2, -0.15) is 0 Å². The van der Waals surface area contributed by atoms with Crippen LogP contribution in [0.3, 0.4) is 0 Å². The van der Waals surface area contributed by atoms with Crippen molar-refractivity contribution in [2.75, 3.05) is 0 Å². The molecule has 2 rings (SSSR count). The zero-order valence-corrected chi connectivity index (χ0v) is 14.0. The van der Waals surface area contributed by atoms with Gasteiger partial charge in [-0.25, -0.2) is 0 Å². The molecule has 1 N–H and O–H groups in total. The van der Waals surface area contributed by atoms with E-state index in [0.29, 0.717) is 29.7 Å². The highest BCUT2D eigenvalue weighted by molar-refractivity contribution is 5.85. The molecule has 5 atom stereocenters. The van der Waals surface area contributed by atoms with E-state index in [1.54, 1.807) is 0 Å². The summed E-state index contributed by atoms with van der Waals surface area (Å²) < 4.78 is 0. The zero-order chi connectivity index (χ0) is 15.0. The highest BCUT2D eigenvalue weighted by Gasteiger charge is 2.48. The molecule has 2 fully saturated rings. The molecule has 0 radical (unpaired) electrons. The summed E-state index contributed by atoms with van der Waals surface area (Å²) in [5.74, 6) is 2.60. The first-order chi connectivity index (χ1) is 9.38. The topological polar surface area (TPSA) is 32.3 Å². The molecule has 2 aliphatic rings. The van der Waals surface area contributed by atoms with Crippen molar-refractivity contribution >= 4 is 5.91 Å². The fraction of sp³-hybridized carbons (Fsp3) is 0.941. The van der Waals surface area contributed by atoms with Crippen molar-refractivity contribution in [3.8, 4) is 0 Å². The van der Waals surface area contributed by atoms with E-state index in [-0.39, 0.29) is 12.2 Å². The van der Waals surface area contributed by atoms with Crippen molar-refractivity contribution in [1.29, 1.82) is 0 Å². The molecule has 1 saturated carbocycles. The first-order valence-electron chi connectivity index (χ1n) is 8.46. The summed E-state index contributed by atoms with van der Waals surface area (Å²) in [5.41, 5.74) is 0. The van der Waals surface area contributed by atoms with Gasteiger partial charge in [-0.05, 0) is 36.5 Å². The van der Waals surface area contributed by atoms with Crippen LogP contribution < -0.4 is 5.32 Å². The molecule has 0 aromatic carbocycles. The molecule has 20 heavy (non-hydrogen) atoms. The fourth-order valence-corrected chi connectivity index (χ4v) is 4.19. The highest BCUT2D eigenvalue weighted by Crippen LogP contribution is 2.40. The smallest absolute Gasteiger partial charge is 0.241 e. The summed E-state index contributed by atoms with van der Waals surface area (Å²) in [7, 11) is 0. The SMILES string of the molecule is CCC1CCC(N2C(=O)C(C(C)C)NC2C(C)C)C1C. The van der Waals surface area contributed by atoms with Gasteiger partial charge in [0.25, 0.3) is 0 Å². The molecule has 0 aromatic rings. The van der Waals surface area contributed by atoms with Crippen LogP contribution in [0, 0.1) is 23.7 Å². The van der Waals surface area contributed by atoms with E-state index in [0.717, 1.165) is 5.92 Å². The van der Waals surface area contributed by atoms with Crippen molar-refractivity contribution in [3.05, 3.63) is 0 Å². The Bertz CT molecular complexity index is 353. The summed E-state index contributed by atoms with van der Waals surface area (Å²) in [6, 6.07) is 0.450. The lowest BCUT2D eigenvalue weighted by Crippen LogP contribution is -2.48. The highest BCUT2D eigenvalue weighted by atomic mass is 16.2. The van der Waals surface area contributed by atoms with Crippen LogP contribution in [0.15, 0.2) is 0 Å². The van der Waals surface area contributed by atoms with Gasteiger partial charge in [0.05, 0.1) is 12.2 Å². The molecule has 1 saturated heterocycles. The third kappa shape index (κ3) is 2.61. The molecule has 1 aliphatic heterocycles. The molecule has 3 nitrogen and oxygen atoms in total. The van der Waals surface area contributed by atoms with Crippen molar-refractivity contribution < 1.29 is 4.79 Å². The van der Waals surface area contributed by atoms with E-state index < -0.39 is 0 Å².